The molecule has 1 saturated heterocycles. The number of thiazole rings is 1. The van der Waals surface area contributed by atoms with E-state index in [9.17, 15) is 14.4 Å². The lowest BCUT2D eigenvalue weighted by molar-refractivity contribution is -0.146. The monoisotopic (exact) mass is 457 g/mol. The number of nitrogens with one attached hydrogen (secondary N) is 1. The molecule has 1 aromatic heterocycles. The van der Waals surface area contributed by atoms with Crippen LogP contribution in [-0.2, 0) is 14.4 Å². The van der Waals surface area contributed by atoms with Gasteiger partial charge in [0.2, 0.25) is 17.7 Å². The molecule has 2 aromatic carbocycles. The lowest BCUT2D eigenvalue weighted by atomic mass is 9.85. The summed E-state index contributed by atoms with van der Waals surface area (Å²) >= 11 is 1.31. The van der Waals surface area contributed by atoms with E-state index in [2.05, 4.69) is 22.4 Å². The van der Waals surface area contributed by atoms with Gasteiger partial charge in [0.25, 0.3) is 0 Å². The molecule has 166 valence electrons. The zero-order valence-electron chi connectivity index (χ0n) is 18.1. The number of carbonyl (C=O) groups excluding carboxylic acids is 3. The Bertz CT molecular complexity index is 1210. The first-order valence-electron chi connectivity index (χ1n) is 11.0. The molecule has 1 fully saturated rings. The number of allylic oxidation sites excluding steroid dienone is 2. The summed E-state index contributed by atoms with van der Waals surface area (Å²) in [6.45, 7) is 1.59. The van der Waals surface area contributed by atoms with Crippen molar-refractivity contribution in [3.8, 4) is 22.4 Å². The number of fused-ring (bicyclic) bond motifs is 1. The summed E-state index contributed by atoms with van der Waals surface area (Å²) in [4.78, 5) is 44.0. The van der Waals surface area contributed by atoms with Crippen molar-refractivity contribution in [1.82, 2.24) is 9.88 Å². The molecule has 0 bridgehead atoms. The Kier molecular flexibility index (Phi) is 5.64. The number of aromatic nitrogens is 1. The van der Waals surface area contributed by atoms with Crippen molar-refractivity contribution in [3.63, 3.8) is 0 Å². The van der Waals surface area contributed by atoms with E-state index in [4.69, 9.17) is 0 Å². The lowest BCUT2D eigenvalue weighted by Gasteiger charge is -2.21. The van der Waals surface area contributed by atoms with Crippen LogP contribution in [0.2, 0.25) is 0 Å². The standard InChI is InChI=1S/C26H23N3O3S/c1-16(29-24(31)20-9-5-6-10-21(20)25(29)32)23(30)28-26-27-22(15-33-26)19-13-11-18(12-14-19)17-7-3-2-4-8-17/h2-8,11-16,20-21H,9-10H2,1H3,(H,27,28,30)/t16-,20-,21-/m0/s1. The molecule has 1 aliphatic carbocycles. The SMILES string of the molecule is C[C@@H](C(=O)Nc1nc(-c2ccc(-c3ccccc3)cc2)cs1)N1C(=O)[C@H]2CC=CC[C@@H]2C1=O. The van der Waals surface area contributed by atoms with Crippen molar-refractivity contribution < 1.29 is 14.4 Å². The van der Waals surface area contributed by atoms with Crippen LogP contribution in [0.4, 0.5) is 5.13 Å². The number of amides is 3. The number of benzene rings is 2. The second-order valence-corrected chi connectivity index (χ2v) is 9.21. The van der Waals surface area contributed by atoms with Gasteiger partial charge in [-0.05, 0) is 30.9 Å². The van der Waals surface area contributed by atoms with Crippen LogP contribution in [0.15, 0.2) is 72.1 Å². The number of hydrogen-bond donors (Lipinski definition) is 1. The van der Waals surface area contributed by atoms with Crippen molar-refractivity contribution in [2.24, 2.45) is 11.8 Å². The summed E-state index contributed by atoms with van der Waals surface area (Å²) in [6, 6.07) is 17.3. The highest BCUT2D eigenvalue weighted by molar-refractivity contribution is 7.14. The van der Waals surface area contributed by atoms with Crippen molar-refractivity contribution in [1.29, 1.82) is 0 Å². The smallest absolute Gasteiger partial charge is 0.249 e. The van der Waals surface area contributed by atoms with E-state index < -0.39 is 11.9 Å². The molecule has 6 nitrogen and oxygen atoms in total. The van der Waals surface area contributed by atoms with Gasteiger partial charge in [-0.1, -0.05) is 66.7 Å². The third-order valence-corrected chi connectivity index (χ3v) is 7.09. The summed E-state index contributed by atoms with van der Waals surface area (Å²) in [5.74, 6) is -1.61. The highest BCUT2D eigenvalue weighted by atomic mass is 32.1. The average molecular weight is 458 g/mol. The predicted octanol–water partition coefficient (Wildman–Crippen LogP) is 4.76. The molecule has 1 aliphatic heterocycles. The highest BCUT2D eigenvalue weighted by Crippen LogP contribution is 2.36. The highest BCUT2D eigenvalue weighted by Gasteiger charge is 2.50. The van der Waals surface area contributed by atoms with Crippen molar-refractivity contribution >= 4 is 34.2 Å². The molecule has 0 spiro atoms. The molecule has 33 heavy (non-hydrogen) atoms. The van der Waals surface area contributed by atoms with Gasteiger partial charge in [0.15, 0.2) is 5.13 Å². The van der Waals surface area contributed by atoms with E-state index in [1.54, 1.807) is 6.92 Å². The van der Waals surface area contributed by atoms with Gasteiger partial charge < -0.3 is 5.32 Å². The molecule has 5 rings (SSSR count). The number of nitrogens with zero attached hydrogens (tertiary/aromatic N) is 2. The van der Waals surface area contributed by atoms with E-state index in [1.807, 2.05) is 60.0 Å². The van der Waals surface area contributed by atoms with E-state index in [1.165, 1.54) is 11.3 Å². The minimum absolute atomic E-state index is 0.254. The van der Waals surface area contributed by atoms with E-state index in [-0.39, 0.29) is 23.7 Å². The number of imide groups is 1. The van der Waals surface area contributed by atoms with Crippen LogP contribution in [0.3, 0.4) is 0 Å². The Balaban J connectivity index is 1.26. The Labute approximate surface area is 196 Å². The topological polar surface area (TPSA) is 79.4 Å². The van der Waals surface area contributed by atoms with Crippen LogP contribution in [0.1, 0.15) is 19.8 Å². The predicted molar refractivity (Wildman–Crippen MR) is 128 cm³/mol. The number of likely N-dealkylation sites (tertiary alicyclic amines) is 1. The van der Waals surface area contributed by atoms with Gasteiger partial charge in [0.1, 0.15) is 6.04 Å². The normalized spacial score (nSPS) is 20.6. The quantitative estimate of drug-likeness (QED) is 0.443. The fourth-order valence-electron chi connectivity index (χ4n) is 4.46. The summed E-state index contributed by atoms with van der Waals surface area (Å²) < 4.78 is 0. The van der Waals surface area contributed by atoms with E-state index in [0.29, 0.717) is 18.0 Å². The molecule has 7 heteroatoms. The molecule has 0 radical (unpaired) electrons. The summed E-state index contributed by atoms with van der Waals surface area (Å²) in [5, 5.41) is 5.09. The second kappa shape index (κ2) is 8.75. The molecule has 2 aliphatic rings. The summed E-state index contributed by atoms with van der Waals surface area (Å²) in [6.07, 6.45) is 4.98. The largest absolute Gasteiger partial charge is 0.300 e. The van der Waals surface area contributed by atoms with Gasteiger partial charge in [0, 0.05) is 10.9 Å². The molecular weight excluding hydrogens is 434 g/mol. The minimum atomic E-state index is -0.881. The van der Waals surface area contributed by atoms with Crippen LogP contribution >= 0.6 is 11.3 Å². The van der Waals surface area contributed by atoms with Gasteiger partial charge >= 0.3 is 0 Å². The Morgan fingerprint density at radius 2 is 1.52 bits per heavy atom. The van der Waals surface area contributed by atoms with Gasteiger partial charge in [-0.3, -0.25) is 19.3 Å². The van der Waals surface area contributed by atoms with Crippen LogP contribution in [0, 0.1) is 11.8 Å². The average Bonchev–Trinajstić information content (AvgIpc) is 3.42. The number of rotatable bonds is 5. The van der Waals surface area contributed by atoms with Crippen LogP contribution in [0.25, 0.3) is 22.4 Å². The first-order chi connectivity index (χ1) is 16.0. The maximum absolute atomic E-state index is 12.8. The molecule has 0 unspecified atom stereocenters. The Hall–Kier alpha value is -3.58. The fraction of sp³-hybridized carbons (Fsp3) is 0.231. The third-order valence-electron chi connectivity index (χ3n) is 6.33. The van der Waals surface area contributed by atoms with Crippen molar-refractivity contribution in [2.75, 3.05) is 5.32 Å². The van der Waals surface area contributed by atoms with Gasteiger partial charge in [-0.15, -0.1) is 11.3 Å². The minimum Gasteiger partial charge on any atom is -0.300 e. The zero-order valence-corrected chi connectivity index (χ0v) is 18.9. The molecule has 3 aromatic rings. The maximum atomic E-state index is 12.8. The molecule has 0 saturated carbocycles. The second-order valence-electron chi connectivity index (χ2n) is 8.35. The number of anilines is 1. The van der Waals surface area contributed by atoms with Gasteiger partial charge in [0.05, 0.1) is 17.5 Å². The van der Waals surface area contributed by atoms with E-state index >= 15 is 0 Å². The molecule has 3 atom stereocenters. The summed E-state index contributed by atoms with van der Waals surface area (Å²) in [5.41, 5.74) is 3.97. The molecule has 1 N–H and O–H groups in total. The molecule has 2 heterocycles. The number of hydrogen-bond acceptors (Lipinski definition) is 5. The van der Waals surface area contributed by atoms with Gasteiger partial charge in [-0.25, -0.2) is 4.98 Å². The molecule has 3 amide bonds. The van der Waals surface area contributed by atoms with Crippen molar-refractivity contribution in [2.45, 2.75) is 25.8 Å². The third kappa shape index (κ3) is 4.00. The van der Waals surface area contributed by atoms with Crippen LogP contribution in [0.5, 0.6) is 0 Å². The van der Waals surface area contributed by atoms with Crippen LogP contribution in [-0.4, -0.2) is 33.6 Å². The zero-order chi connectivity index (χ0) is 22.9. The number of carbonyl (C=O) groups is 3. The Morgan fingerprint density at radius 1 is 0.939 bits per heavy atom. The maximum Gasteiger partial charge on any atom is 0.249 e. The fourth-order valence-corrected chi connectivity index (χ4v) is 5.19. The van der Waals surface area contributed by atoms with Crippen LogP contribution < -0.4 is 5.32 Å². The lowest BCUT2D eigenvalue weighted by Crippen LogP contribution is -2.46. The summed E-state index contributed by atoms with van der Waals surface area (Å²) in [7, 11) is 0. The first-order valence-corrected chi connectivity index (χ1v) is 11.8. The van der Waals surface area contributed by atoms with Gasteiger partial charge in [-0.2, -0.15) is 0 Å². The first kappa shape index (κ1) is 21.3. The molecular formula is C26H23N3O3S. The van der Waals surface area contributed by atoms with E-state index in [0.717, 1.165) is 27.3 Å². The Morgan fingerprint density at radius 3 is 2.15 bits per heavy atom. The van der Waals surface area contributed by atoms with Crippen molar-refractivity contribution in [3.05, 3.63) is 72.1 Å².